The molecule has 0 bridgehead atoms. The molecular formula is C20H20FNO. The summed E-state index contributed by atoms with van der Waals surface area (Å²) >= 11 is 0. The van der Waals surface area contributed by atoms with Gasteiger partial charge in [-0.05, 0) is 58.9 Å². The van der Waals surface area contributed by atoms with Crippen LogP contribution in [0.3, 0.4) is 0 Å². The molecule has 0 spiro atoms. The van der Waals surface area contributed by atoms with Crippen LogP contribution in [0.4, 0.5) is 10.1 Å². The van der Waals surface area contributed by atoms with E-state index in [9.17, 15) is 9.18 Å². The zero-order valence-electron chi connectivity index (χ0n) is 13.7. The normalized spacial score (nSPS) is 17.5. The highest BCUT2D eigenvalue weighted by atomic mass is 19.1. The number of hydrogen-bond donors (Lipinski definition) is 0. The van der Waals surface area contributed by atoms with Crippen LogP contribution in [0.15, 0.2) is 30.3 Å². The predicted molar refractivity (Wildman–Crippen MR) is 89.5 cm³/mol. The highest BCUT2D eigenvalue weighted by Crippen LogP contribution is 2.43. The Balaban J connectivity index is 1.84. The minimum Gasteiger partial charge on any atom is -0.311 e. The molecule has 0 atom stereocenters. The summed E-state index contributed by atoms with van der Waals surface area (Å²) in [5.41, 5.74) is 7.02. The van der Waals surface area contributed by atoms with E-state index in [0.717, 1.165) is 30.6 Å². The van der Waals surface area contributed by atoms with E-state index in [4.69, 9.17) is 0 Å². The molecule has 1 aliphatic carbocycles. The average Bonchev–Trinajstić information content (AvgIpc) is 2.74. The number of rotatable bonds is 0. The first-order valence-corrected chi connectivity index (χ1v) is 8.07. The number of amides is 1. The van der Waals surface area contributed by atoms with Gasteiger partial charge in [-0.1, -0.05) is 26.0 Å². The van der Waals surface area contributed by atoms with Gasteiger partial charge in [0.05, 0.1) is 0 Å². The zero-order chi connectivity index (χ0) is 16.4. The Morgan fingerprint density at radius 1 is 1.04 bits per heavy atom. The highest BCUT2D eigenvalue weighted by Gasteiger charge is 2.38. The Morgan fingerprint density at radius 2 is 1.70 bits per heavy atom. The van der Waals surface area contributed by atoms with Gasteiger partial charge in [0.25, 0.3) is 0 Å². The van der Waals surface area contributed by atoms with Crippen molar-refractivity contribution in [3.05, 3.63) is 64.0 Å². The molecule has 1 amide bonds. The molecule has 0 radical (unpaired) electrons. The van der Waals surface area contributed by atoms with Gasteiger partial charge in [-0.15, -0.1) is 0 Å². The van der Waals surface area contributed by atoms with Crippen LogP contribution in [0, 0.1) is 5.82 Å². The van der Waals surface area contributed by atoms with Crippen molar-refractivity contribution in [2.45, 2.75) is 39.0 Å². The monoisotopic (exact) mass is 309 g/mol. The van der Waals surface area contributed by atoms with Gasteiger partial charge in [-0.25, -0.2) is 4.39 Å². The minimum absolute atomic E-state index is 0.0434. The van der Waals surface area contributed by atoms with Crippen molar-refractivity contribution >= 4 is 11.6 Å². The van der Waals surface area contributed by atoms with E-state index in [0.29, 0.717) is 0 Å². The molecular weight excluding hydrogens is 289 g/mol. The van der Waals surface area contributed by atoms with E-state index in [-0.39, 0.29) is 17.1 Å². The first-order valence-electron chi connectivity index (χ1n) is 8.07. The van der Waals surface area contributed by atoms with E-state index in [2.05, 4.69) is 26.0 Å². The Hall–Kier alpha value is -2.16. The Labute approximate surface area is 135 Å². The van der Waals surface area contributed by atoms with Crippen molar-refractivity contribution in [2.24, 2.45) is 0 Å². The molecule has 0 saturated carbocycles. The van der Waals surface area contributed by atoms with Crippen molar-refractivity contribution in [3.8, 4) is 0 Å². The van der Waals surface area contributed by atoms with Crippen LogP contribution in [0.25, 0.3) is 0 Å². The van der Waals surface area contributed by atoms with Crippen molar-refractivity contribution in [3.63, 3.8) is 0 Å². The molecule has 0 saturated heterocycles. The van der Waals surface area contributed by atoms with Crippen LogP contribution in [-0.2, 0) is 23.1 Å². The van der Waals surface area contributed by atoms with Gasteiger partial charge in [-0.3, -0.25) is 4.79 Å². The SMILES string of the molecule is CC(=O)N1CC(C)(C)c2cc3c(cc21)Cc1ccc(F)cc1C3. The number of nitrogens with zero attached hydrogens (tertiary/aromatic N) is 1. The maximum absolute atomic E-state index is 13.5. The average molecular weight is 309 g/mol. The second kappa shape index (κ2) is 4.67. The first kappa shape index (κ1) is 14.4. The third kappa shape index (κ3) is 2.18. The molecule has 2 aromatic carbocycles. The van der Waals surface area contributed by atoms with E-state index >= 15 is 0 Å². The van der Waals surface area contributed by atoms with Crippen LogP contribution in [-0.4, -0.2) is 12.5 Å². The van der Waals surface area contributed by atoms with Crippen LogP contribution in [0.5, 0.6) is 0 Å². The van der Waals surface area contributed by atoms with Crippen molar-refractivity contribution in [1.29, 1.82) is 0 Å². The van der Waals surface area contributed by atoms with Crippen LogP contribution in [0.2, 0.25) is 0 Å². The molecule has 0 fully saturated rings. The third-order valence-electron chi connectivity index (χ3n) is 5.20. The quantitative estimate of drug-likeness (QED) is 0.615. The molecule has 0 aromatic heterocycles. The van der Waals surface area contributed by atoms with E-state index in [1.807, 2.05) is 11.0 Å². The lowest BCUT2D eigenvalue weighted by atomic mass is 9.80. The molecule has 0 unspecified atom stereocenters. The number of fused-ring (bicyclic) bond motifs is 3. The second-order valence-electron chi connectivity index (χ2n) is 7.39. The zero-order valence-corrected chi connectivity index (χ0v) is 13.7. The number of halogens is 1. The number of anilines is 1. The predicted octanol–water partition coefficient (Wildman–Crippen LogP) is 3.96. The lowest BCUT2D eigenvalue weighted by Gasteiger charge is -2.23. The largest absolute Gasteiger partial charge is 0.311 e. The van der Waals surface area contributed by atoms with Gasteiger partial charge in [0.15, 0.2) is 0 Å². The fourth-order valence-corrected chi connectivity index (χ4v) is 3.96. The summed E-state index contributed by atoms with van der Waals surface area (Å²) in [4.78, 5) is 13.9. The summed E-state index contributed by atoms with van der Waals surface area (Å²) in [5.74, 6) is -0.0773. The third-order valence-corrected chi connectivity index (χ3v) is 5.20. The van der Waals surface area contributed by atoms with Crippen molar-refractivity contribution in [1.82, 2.24) is 0 Å². The number of carbonyl (C=O) groups excluding carboxylic acids is 1. The van der Waals surface area contributed by atoms with Crippen LogP contribution < -0.4 is 4.90 Å². The van der Waals surface area contributed by atoms with Gasteiger partial charge in [0.2, 0.25) is 5.91 Å². The molecule has 3 heteroatoms. The fraction of sp³-hybridized carbons (Fsp3) is 0.350. The minimum atomic E-state index is -0.170. The van der Waals surface area contributed by atoms with Gasteiger partial charge < -0.3 is 4.90 Å². The maximum Gasteiger partial charge on any atom is 0.223 e. The van der Waals surface area contributed by atoms with Gasteiger partial charge in [0, 0.05) is 24.6 Å². The molecule has 118 valence electrons. The topological polar surface area (TPSA) is 20.3 Å². The summed E-state index contributed by atoms with van der Waals surface area (Å²) in [6, 6.07) is 9.47. The molecule has 1 heterocycles. The Kier molecular flexibility index (Phi) is 2.93. The van der Waals surface area contributed by atoms with Gasteiger partial charge >= 0.3 is 0 Å². The lowest BCUT2D eigenvalue weighted by molar-refractivity contribution is -0.116. The van der Waals surface area contributed by atoms with E-state index in [1.54, 1.807) is 13.0 Å². The van der Waals surface area contributed by atoms with Gasteiger partial charge in [0.1, 0.15) is 5.82 Å². The summed E-state index contributed by atoms with van der Waals surface area (Å²) in [5, 5.41) is 0. The summed E-state index contributed by atoms with van der Waals surface area (Å²) in [6.07, 6.45) is 1.58. The van der Waals surface area contributed by atoms with Crippen LogP contribution >= 0.6 is 0 Å². The van der Waals surface area contributed by atoms with Gasteiger partial charge in [-0.2, -0.15) is 0 Å². The molecule has 4 rings (SSSR count). The van der Waals surface area contributed by atoms with Crippen molar-refractivity contribution in [2.75, 3.05) is 11.4 Å². The standard InChI is InChI=1S/C20H20FNO/c1-12(23)22-11-20(2,3)18-9-15-7-14-8-17(21)5-4-13(14)6-16(15)10-19(18)22/h4-5,8-10H,6-7,11H2,1-3H3. The Morgan fingerprint density at radius 3 is 2.43 bits per heavy atom. The van der Waals surface area contributed by atoms with E-state index in [1.165, 1.54) is 28.3 Å². The molecule has 1 aliphatic heterocycles. The second-order valence-corrected chi connectivity index (χ2v) is 7.39. The maximum atomic E-state index is 13.5. The number of benzene rings is 2. The molecule has 2 aromatic rings. The lowest BCUT2D eigenvalue weighted by Crippen LogP contribution is -2.31. The fourth-order valence-electron chi connectivity index (χ4n) is 3.96. The smallest absolute Gasteiger partial charge is 0.223 e. The number of hydrogen-bond acceptors (Lipinski definition) is 1. The first-order chi connectivity index (χ1) is 10.8. The molecule has 0 N–H and O–H groups in total. The summed E-state index contributed by atoms with van der Waals surface area (Å²) in [7, 11) is 0. The number of carbonyl (C=O) groups is 1. The van der Waals surface area contributed by atoms with Crippen molar-refractivity contribution < 1.29 is 9.18 Å². The van der Waals surface area contributed by atoms with E-state index < -0.39 is 0 Å². The summed E-state index contributed by atoms with van der Waals surface area (Å²) < 4.78 is 13.5. The molecule has 23 heavy (non-hydrogen) atoms. The molecule has 2 nitrogen and oxygen atoms in total. The highest BCUT2D eigenvalue weighted by molar-refractivity contribution is 5.95. The van der Waals surface area contributed by atoms with Crippen LogP contribution in [0.1, 0.15) is 48.6 Å². The summed E-state index contributed by atoms with van der Waals surface area (Å²) in [6.45, 7) is 6.71. The molecule has 2 aliphatic rings. The Bertz CT molecular complexity index is 838.